The molecule has 0 aliphatic heterocycles. The van der Waals surface area contributed by atoms with Crippen molar-refractivity contribution >= 4 is 0 Å². The van der Waals surface area contributed by atoms with E-state index >= 15 is 0 Å². The Balaban J connectivity index is 2.47. The summed E-state index contributed by atoms with van der Waals surface area (Å²) in [6, 6.07) is 0. The third kappa shape index (κ3) is 4.38. The third-order valence-corrected chi connectivity index (χ3v) is 1.57. The molecule has 0 spiro atoms. The molecular weight excluding hydrogens is 132 g/mol. The average Bonchev–Trinajstić information content (AvgIpc) is 2.08. The number of hydrogen-bond acceptors (Lipinski definition) is 0. The minimum absolute atomic E-state index is 1.19. The van der Waals surface area contributed by atoms with Crippen LogP contribution in [0.3, 0.4) is 0 Å². The van der Waals surface area contributed by atoms with Crippen LogP contribution >= 0.6 is 0 Å². The van der Waals surface area contributed by atoms with Gasteiger partial charge in [0.2, 0.25) is 0 Å². The SMILES string of the molecule is C1=CCCC\C=C/C=C\C=C/1. The summed E-state index contributed by atoms with van der Waals surface area (Å²) in [5, 5.41) is 0. The van der Waals surface area contributed by atoms with Crippen LogP contribution in [0.1, 0.15) is 19.3 Å². The highest BCUT2D eigenvalue weighted by atomic mass is 13.9. The second-order valence-corrected chi connectivity index (χ2v) is 2.56. The normalized spacial score (nSPS) is 26.9. The van der Waals surface area contributed by atoms with Gasteiger partial charge in [0.05, 0.1) is 0 Å². The molecule has 0 radical (unpaired) electrons. The summed E-state index contributed by atoms with van der Waals surface area (Å²) >= 11 is 0. The fraction of sp³-hybridized carbons (Fsp3) is 0.273. The van der Waals surface area contributed by atoms with Gasteiger partial charge in [-0.3, -0.25) is 0 Å². The van der Waals surface area contributed by atoms with Gasteiger partial charge in [0.15, 0.2) is 0 Å². The van der Waals surface area contributed by atoms with Crippen LogP contribution in [0.15, 0.2) is 48.6 Å². The average molecular weight is 146 g/mol. The van der Waals surface area contributed by atoms with Crippen molar-refractivity contribution < 1.29 is 0 Å². The molecule has 0 saturated heterocycles. The first kappa shape index (κ1) is 8.06. The lowest BCUT2D eigenvalue weighted by Gasteiger charge is -1.87. The van der Waals surface area contributed by atoms with Crippen LogP contribution in [0.2, 0.25) is 0 Å². The van der Waals surface area contributed by atoms with Crippen molar-refractivity contribution in [3.63, 3.8) is 0 Å². The fourth-order valence-corrected chi connectivity index (χ4v) is 0.960. The summed E-state index contributed by atoms with van der Waals surface area (Å²) in [5.41, 5.74) is 0. The second kappa shape index (κ2) is 5.72. The Morgan fingerprint density at radius 3 is 1.55 bits per heavy atom. The molecule has 1 rings (SSSR count). The summed E-state index contributed by atoms with van der Waals surface area (Å²) in [7, 11) is 0. The highest BCUT2D eigenvalue weighted by Gasteiger charge is 1.79. The van der Waals surface area contributed by atoms with Gasteiger partial charge in [-0.15, -0.1) is 0 Å². The number of allylic oxidation sites excluding steroid dienone is 8. The Morgan fingerprint density at radius 2 is 1.00 bits per heavy atom. The van der Waals surface area contributed by atoms with E-state index in [9.17, 15) is 0 Å². The van der Waals surface area contributed by atoms with Gasteiger partial charge in [0.25, 0.3) is 0 Å². The predicted octanol–water partition coefficient (Wildman–Crippen LogP) is 3.40. The Bertz CT molecular complexity index is 170. The van der Waals surface area contributed by atoms with E-state index in [1.54, 1.807) is 0 Å². The van der Waals surface area contributed by atoms with Crippen molar-refractivity contribution in [1.82, 2.24) is 0 Å². The van der Waals surface area contributed by atoms with E-state index in [4.69, 9.17) is 0 Å². The Kier molecular flexibility index (Phi) is 4.19. The highest BCUT2D eigenvalue weighted by molar-refractivity contribution is 5.15. The summed E-state index contributed by atoms with van der Waals surface area (Å²) < 4.78 is 0. The first-order valence-electron chi connectivity index (χ1n) is 4.15. The lowest BCUT2D eigenvalue weighted by molar-refractivity contribution is 0.868. The molecule has 0 aromatic carbocycles. The van der Waals surface area contributed by atoms with E-state index in [0.717, 1.165) is 0 Å². The van der Waals surface area contributed by atoms with Gasteiger partial charge in [-0.25, -0.2) is 0 Å². The molecule has 0 heteroatoms. The van der Waals surface area contributed by atoms with Crippen molar-refractivity contribution in [2.45, 2.75) is 19.3 Å². The van der Waals surface area contributed by atoms with Crippen molar-refractivity contribution in [2.24, 2.45) is 0 Å². The second-order valence-electron chi connectivity index (χ2n) is 2.56. The number of rotatable bonds is 0. The van der Waals surface area contributed by atoms with Gasteiger partial charge in [-0.1, -0.05) is 48.6 Å². The lowest BCUT2D eigenvalue weighted by atomic mass is 10.2. The van der Waals surface area contributed by atoms with Gasteiger partial charge in [0, 0.05) is 0 Å². The molecule has 1 aliphatic carbocycles. The van der Waals surface area contributed by atoms with Gasteiger partial charge in [-0.05, 0) is 19.3 Å². The monoisotopic (exact) mass is 146 g/mol. The maximum absolute atomic E-state index is 2.21. The minimum atomic E-state index is 1.19. The lowest BCUT2D eigenvalue weighted by Crippen LogP contribution is -1.67. The maximum atomic E-state index is 2.21. The molecule has 0 aromatic rings. The quantitative estimate of drug-likeness (QED) is 0.491. The van der Waals surface area contributed by atoms with E-state index in [1.807, 2.05) is 12.2 Å². The molecule has 0 aromatic heterocycles. The van der Waals surface area contributed by atoms with Crippen molar-refractivity contribution in [1.29, 1.82) is 0 Å². The highest BCUT2D eigenvalue weighted by Crippen LogP contribution is 1.99. The molecule has 0 nitrogen and oxygen atoms in total. The molecular formula is C11H14. The molecule has 0 bridgehead atoms. The molecule has 1 aliphatic rings. The standard InChI is InChI=1S/C11H14/c1-2-4-6-8-10-11-9-7-5-3-1/h1-8H,9-11H2/b3-1-,4-2-,7-5-,8-6?. The zero-order valence-corrected chi connectivity index (χ0v) is 6.74. The fourth-order valence-electron chi connectivity index (χ4n) is 0.960. The predicted molar refractivity (Wildman–Crippen MR) is 50.4 cm³/mol. The molecule has 58 valence electrons. The van der Waals surface area contributed by atoms with Crippen molar-refractivity contribution in [2.75, 3.05) is 0 Å². The zero-order valence-electron chi connectivity index (χ0n) is 6.74. The van der Waals surface area contributed by atoms with E-state index in [1.165, 1.54) is 19.3 Å². The molecule has 0 unspecified atom stereocenters. The Hall–Kier alpha value is -1.04. The molecule has 0 atom stereocenters. The Morgan fingerprint density at radius 1 is 0.545 bits per heavy atom. The van der Waals surface area contributed by atoms with Crippen LogP contribution in [0.5, 0.6) is 0 Å². The van der Waals surface area contributed by atoms with Crippen LogP contribution in [-0.4, -0.2) is 0 Å². The van der Waals surface area contributed by atoms with E-state index in [-0.39, 0.29) is 0 Å². The van der Waals surface area contributed by atoms with Gasteiger partial charge in [-0.2, -0.15) is 0 Å². The molecule has 11 heavy (non-hydrogen) atoms. The van der Waals surface area contributed by atoms with Gasteiger partial charge in [0.1, 0.15) is 0 Å². The first-order chi connectivity index (χ1) is 5.50. The molecule has 0 amide bonds. The maximum Gasteiger partial charge on any atom is -0.0345 e. The molecule has 0 N–H and O–H groups in total. The molecule has 0 saturated carbocycles. The van der Waals surface area contributed by atoms with Crippen LogP contribution < -0.4 is 0 Å². The molecule has 0 heterocycles. The van der Waals surface area contributed by atoms with Gasteiger partial charge < -0.3 is 0 Å². The third-order valence-electron chi connectivity index (χ3n) is 1.57. The summed E-state index contributed by atoms with van der Waals surface area (Å²) in [5.74, 6) is 0. The number of hydrogen-bond donors (Lipinski definition) is 0. The van der Waals surface area contributed by atoms with E-state index < -0.39 is 0 Å². The summed E-state index contributed by atoms with van der Waals surface area (Å²) in [6.07, 6.45) is 20.5. The Labute approximate surface area is 68.6 Å². The summed E-state index contributed by atoms with van der Waals surface area (Å²) in [4.78, 5) is 0. The van der Waals surface area contributed by atoms with Crippen LogP contribution in [-0.2, 0) is 0 Å². The smallest absolute Gasteiger partial charge is 0.0345 e. The van der Waals surface area contributed by atoms with E-state index in [2.05, 4.69) is 36.5 Å². The summed E-state index contributed by atoms with van der Waals surface area (Å²) in [6.45, 7) is 0. The van der Waals surface area contributed by atoms with Crippen LogP contribution in [0.4, 0.5) is 0 Å². The minimum Gasteiger partial charge on any atom is -0.0845 e. The van der Waals surface area contributed by atoms with Crippen molar-refractivity contribution in [3.8, 4) is 0 Å². The zero-order chi connectivity index (χ0) is 7.78. The first-order valence-corrected chi connectivity index (χ1v) is 4.15. The largest absolute Gasteiger partial charge is 0.0845 e. The molecule has 0 fully saturated rings. The van der Waals surface area contributed by atoms with Gasteiger partial charge >= 0.3 is 0 Å². The van der Waals surface area contributed by atoms with Crippen LogP contribution in [0.25, 0.3) is 0 Å². The van der Waals surface area contributed by atoms with E-state index in [0.29, 0.717) is 0 Å². The van der Waals surface area contributed by atoms with Crippen LogP contribution in [0, 0.1) is 0 Å². The van der Waals surface area contributed by atoms with Crippen molar-refractivity contribution in [3.05, 3.63) is 48.6 Å². The topological polar surface area (TPSA) is 0 Å².